The highest BCUT2D eigenvalue weighted by molar-refractivity contribution is 6.02. The number of amides is 3. The van der Waals surface area contributed by atoms with Crippen LogP contribution in [0.3, 0.4) is 0 Å². The molecule has 3 amide bonds. The topological polar surface area (TPSA) is 75.7 Å². The number of benzene rings is 2. The van der Waals surface area contributed by atoms with Gasteiger partial charge in [-0.3, -0.25) is 9.59 Å². The number of hydrazine groups is 1. The van der Waals surface area contributed by atoms with Crippen molar-refractivity contribution >= 4 is 17.9 Å². The first kappa shape index (κ1) is 15.4. The minimum Gasteiger partial charge on any atom is -0.447 e. The Morgan fingerprint density at radius 1 is 0.960 bits per heavy atom. The lowest BCUT2D eigenvalue weighted by atomic mass is 9.98. The van der Waals surface area contributed by atoms with E-state index in [4.69, 9.17) is 4.74 Å². The molecule has 2 aromatic rings. The molecule has 126 valence electrons. The van der Waals surface area contributed by atoms with Crippen LogP contribution in [0.15, 0.2) is 48.5 Å². The molecule has 0 spiro atoms. The fraction of sp³-hybridized carbons (Fsp3) is 0.211. The molecule has 0 saturated carbocycles. The van der Waals surface area contributed by atoms with Gasteiger partial charge in [0.05, 0.1) is 0 Å². The maximum Gasteiger partial charge on any atom is 0.426 e. The fourth-order valence-corrected chi connectivity index (χ4v) is 3.42. The molecule has 4 rings (SSSR count). The zero-order chi connectivity index (χ0) is 17.4. The van der Waals surface area contributed by atoms with Crippen LogP contribution in [-0.4, -0.2) is 29.5 Å². The highest BCUT2D eigenvalue weighted by atomic mass is 16.6. The van der Waals surface area contributed by atoms with E-state index in [9.17, 15) is 14.4 Å². The van der Waals surface area contributed by atoms with Gasteiger partial charge in [-0.25, -0.2) is 10.2 Å². The number of fused-ring (bicyclic) bond motifs is 3. The predicted octanol–water partition coefficient (Wildman–Crippen LogP) is 2.59. The summed E-state index contributed by atoms with van der Waals surface area (Å²) in [4.78, 5) is 35.1. The summed E-state index contributed by atoms with van der Waals surface area (Å²) >= 11 is 0. The van der Waals surface area contributed by atoms with Crippen molar-refractivity contribution in [3.63, 3.8) is 0 Å². The second-order valence-corrected chi connectivity index (χ2v) is 6.06. The number of hydrogen-bond acceptors (Lipinski definition) is 4. The fourth-order valence-electron chi connectivity index (χ4n) is 3.42. The van der Waals surface area contributed by atoms with Gasteiger partial charge in [0.2, 0.25) is 11.8 Å². The lowest BCUT2D eigenvalue weighted by Gasteiger charge is -2.17. The molecule has 1 fully saturated rings. The number of ether oxygens (including phenoxy) is 1. The lowest BCUT2D eigenvalue weighted by molar-refractivity contribution is -0.141. The van der Waals surface area contributed by atoms with Crippen LogP contribution in [0.1, 0.15) is 29.9 Å². The Hall–Kier alpha value is -3.15. The number of rotatable bonds is 3. The van der Waals surface area contributed by atoms with E-state index in [0.717, 1.165) is 27.3 Å². The van der Waals surface area contributed by atoms with Crippen LogP contribution in [0.2, 0.25) is 0 Å². The highest BCUT2D eigenvalue weighted by Crippen LogP contribution is 2.44. The van der Waals surface area contributed by atoms with Crippen LogP contribution in [0.25, 0.3) is 11.1 Å². The average molecular weight is 336 g/mol. The summed E-state index contributed by atoms with van der Waals surface area (Å²) in [5.41, 5.74) is 6.70. The van der Waals surface area contributed by atoms with Crippen molar-refractivity contribution in [1.82, 2.24) is 10.4 Å². The largest absolute Gasteiger partial charge is 0.447 e. The molecule has 0 atom stereocenters. The molecule has 1 aliphatic heterocycles. The van der Waals surface area contributed by atoms with Gasteiger partial charge in [0, 0.05) is 18.8 Å². The Morgan fingerprint density at radius 3 is 2.04 bits per heavy atom. The highest BCUT2D eigenvalue weighted by Gasteiger charge is 2.32. The van der Waals surface area contributed by atoms with E-state index in [-0.39, 0.29) is 25.4 Å². The second kappa shape index (κ2) is 6.05. The van der Waals surface area contributed by atoms with Crippen molar-refractivity contribution in [1.29, 1.82) is 0 Å². The van der Waals surface area contributed by atoms with Crippen molar-refractivity contribution in [2.75, 3.05) is 6.61 Å². The molecule has 0 aromatic heterocycles. The van der Waals surface area contributed by atoms with Crippen LogP contribution < -0.4 is 5.43 Å². The van der Waals surface area contributed by atoms with E-state index < -0.39 is 17.9 Å². The Kier molecular flexibility index (Phi) is 3.72. The summed E-state index contributed by atoms with van der Waals surface area (Å²) in [5, 5.41) is 0.735. The molecule has 0 unspecified atom stereocenters. The van der Waals surface area contributed by atoms with E-state index in [1.165, 1.54) is 0 Å². The summed E-state index contributed by atoms with van der Waals surface area (Å²) in [6, 6.07) is 16.0. The molecule has 1 heterocycles. The summed E-state index contributed by atoms with van der Waals surface area (Å²) in [5.74, 6) is -0.903. The van der Waals surface area contributed by atoms with Crippen molar-refractivity contribution < 1.29 is 19.1 Å². The molecular weight excluding hydrogens is 320 g/mol. The van der Waals surface area contributed by atoms with Gasteiger partial charge in [-0.2, -0.15) is 5.01 Å². The van der Waals surface area contributed by atoms with Crippen LogP contribution >= 0.6 is 0 Å². The van der Waals surface area contributed by atoms with Crippen LogP contribution in [0.5, 0.6) is 0 Å². The van der Waals surface area contributed by atoms with E-state index in [2.05, 4.69) is 17.6 Å². The third kappa shape index (κ3) is 2.65. The standard InChI is InChI=1S/C19H16N2O4/c22-17-9-10-18(23)21(17)20-19(24)25-11-16-14-7-3-1-5-12(14)13-6-2-4-8-15(13)16/h1-8,16H,9-11H2,(H,20,24). The van der Waals surface area contributed by atoms with Crippen molar-refractivity contribution in [2.24, 2.45) is 0 Å². The number of carbonyl (C=O) groups excluding carboxylic acids is 3. The zero-order valence-electron chi connectivity index (χ0n) is 13.4. The van der Waals surface area contributed by atoms with Crippen molar-refractivity contribution in [2.45, 2.75) is 18.8 Å². The SMILES string of the molecule is O=C(NN1C(=O)CCC1=O)OCC1c2ccccc2-c2ccccc21. The van der Waals surface area contributed by atoms with Gasteiger partial charge < -0.3 is 4.74 Å². The van der Waals surface area contributed by atoms with Gasteiger partial charge >= 0.3 is 6.09 Å². The predicted molar refractivity (Wildman–Crippen MR) is 89.3 cm³/mol. The Labute approximate surface area is 144 Å². The Morgan fingerprint density at radius 2 is 1.48 bits per heavy atom. The third-order valence-corrected chi connectivity index (χ3v) is 4.60. The van der Waals surface area contributed by atoms with E-state index in [0.29, 0.717) is 0 Å². The summed E-state index contributed by atoms with van der Waals surface area (Å²) < 4.78 is 5.30. The summed E-state index contributed by atoms with van der Waals surface area (Å²) in [7, 11) is 0. The van der Waals surface area contributed by atoms with Crippen LogP contribution in [0.4, 0.5) is 4.79 Å². The second-order valence-electron chi connectivity index (χ2n) is 6.06. The molecule has 1 N–H and O–H groups in total. The van der Waals surface area contributed by atoms with E-state index in [1.54, 1.807) is 0 Å². The molecule has 6 heteroatoms. The molecule has 1 saturated heterocycles. The molecule has 6 nitrogen and oxygen atoms in total. The van der Waals surface area contributed by atoms with Gasteiger partial charge in [0.15, 0.2) is 0 Å². The third-order valence-electron chi connectivity index (χ3n) is 4.60. The number of imide groups is 1. The first-order valence-electron chi connectivity index (χ1n) is 8.12. The van der Waals surface area contributed by atoms with Crippen molar-refractivity contribution in [3.05, 3.63) is 59.7 Å². The smallest absolute Gasteiger partial charge is 0.426 e. The Balaban J connectivity index is 1.49. The van der Waals surface area contributed by atoms with Gasteiger partial charge in [0.25, 0.3) is 0 Å². The van der Waals surface area contributed by atoms with Crippen LogP contribution in [-0.2, 0) is 14.3 Å². The lowest BCUT2D eigenvalue weighted by Crippen LogP contribution is -2.45. The quantitative estimate of drug-likeness (QED) is 0.874. The molecule has 2 aliphatic rings. The monoisotopic (exact) mass is 336 g/mol. The zero-order valence-corrected chi connectivity index (χ0v) is 13.4. The minimum absolute atomic E-state index is 0.0665. The molecule has 0 radical (unpaired) electrons. The summed E-state index contributed by atoms with van der Waals surface area (Å²) in [6.07, 6.45) is -0.573. The maximum atomic E-state index is 12.0. The number of nitrogens with one attached hydrogen (secondary N) is 1. The first-order valence-corrected chi connectivity index (χ1v) is 8.12. The molecular formula is C19H16N2O4. The summed E-state index contributed by atoms with van der Waals surface area (Å²) in [6.45, 7) is 0.135. The molecule has 25 heavy (non-hydrogen) atoms. The van der Waals surface area contributed by atoms with Gasteiger partial charge in [-0.15, -0.1) is 0 Å². The first-order chi connectivity index (χ1) is 12.1. The number of hydrogen-bond donors (Lipinski definition) is 1. The van der Waals surface area contributed by atoms with Gasteiger partial charge in [-0.1, -0.05) is 48.5 Å². The van der Waals surface area contributed by atoms with Gasteiger partial charge in [0.1, 0.15) is 6.61 Å². The molecule has 1 aliphatic carbocycles. The Bertz CT molecular complexity index is 816. The normalized spacial score (nSPS) is 15.9. The molecule has 2 aromatic carbocycles. The maximum absolute atomic E-state index is 12.0. The van der Waals surface area contributed by atoms with Gasteiger partial charge in [-0.05, 0) is 22.3 Å². The number of nitrogens with zero attached hydrogens (tertiary/aromatic N) is 1. The average Bonchev–Trinajstić information content (AvgIpc) is 3.12. The van der Waals surface area contributed by atoms with Crippen molar-refractivity contribution in [3.8, 4) is 11.1 Å². The number of carbonyl (C=O) groups is 3. The molecule has 0 bridgehead atoms. The van der Waals surface area contributed by atoms with E-state index in [1.807, 2.05) is 36.4 Å². The van der Waals surface area contributed by atoms with E-state index >= 15 is 0 Å². The van der Waals surface area contributed by atoms with Crippen LogP contribution in [0, 0.1) is 0 Å². The minimum atomic E-state index is -0.800.